The van der Waals surface area contributed by atoms with Crippen molar-refractivity contribution < 1.29 is 4.79 Å². The summed E-state index contributed by atoms with van der Waals surface area (Å²) in [4.78, 5) is 12.3. The Bertz CT molecular complexity index is 420. The molecule has 0 bridgehead atoms. The van der Waals surface area contributed by atoms with E-state index in [2.05, 4.69) is 48.7 Å². The fourth-order valence-electron chi connectivity index (χ4n) is 2.47. The second kappa shape index (κ2) is 12.1. The van der Waals surface area contributed by atoms with Crippen molar-refractivity contribution in [2.45, 2.75) is 52.0 Å². The first kappa shape index (κ1) is 19.7. The average molecular weight is 319 g/mol. The van der Waals surface area contributed by atoms with Crippen molar-refractivity contribution in [1.82, 2.24) is 10.6 Å². The number of amides is 1. The predicted molar refractivity (Wildman–Crippen MR) is 97.3 cm³/mol. The second-order valence-corrected chi connectivity index (χ2v) is 6.50. The number of benzene rings is 1. The molecule has 1 aromatic carbocycles. The van der Waals surface area contributed by atoms with Gasteiger partial charge in [-0.2, -0.15) is 0 Å². The van der Waals surface area contributed by atoms with Crippen molar-refractivity contribution in [3.05, 3.63) is 35.9 Å². The zero-order valence-corrected chi connectivity index (χ0v) is 14.7. The molecular formula is C19H33N3O. The van der Waals surface area contributed by atoms with Crippen LogP contribution in [-0.2, 0) is 11.2 Å². The number of nitrogens with two attached hydrogens (primary N) is 1. The third kappa shape index (κ3) is 9.36. The van der Waals surface area contributed by atoms with Gasteiger partial charge in [0.1, 0.15) is 0 Å². The van der Waals surface area contributed by atoms with E-state index in [0.29, 0.717) is 12.5 Å². The van der Waals surface area contributed by atoms with Gasteiger partial charge in [-0.15, -0.1) is 0 Å². The van der Waals surface area contributed by atoms with Gasteiger partial charge in [0.15, 0.2) is 0 Å². The molecule has 4 nitrogen and oxygen atoms in total. The summed E-state index contributed by atoms with van der Waals surface area (Å²) in [5, 5.41) is 6.43. The van der Waals surface area contributed by atoms with Crippen LogP contribution in [0.15, 0.2) is 30.3 Å². The molecule has 4 heteroatoms. The lowest BCUT2D eigenvalue weighted by atomic mass is 10.1. The van der Waals surface area contributed by atoms with Crippen LogP contribution in [0.3, 0.4) is 0 Å². The molecule has 0 radical (unpaired) electrons. The Morgan fingerprint density at radius 2 is 1.83 bits per heavy atom. The van der Waals surface area contributed by atoms with E-state index < -0.39 is 0 Å². The van der Waals surface area contributed by atoms with Crippen molar-refractivity contribution in [3.8, 4) is 0 Å². The van der Waals surface area contributed by atoms with Gasteiger partial charge < -0.3 is 16.4 Å². The third-order valence-electron chi connectivity index (χ3n) is 3.91. The number of nitrogens with one attached hydrogen (secondary N) is 2. The zero-order chi connectivity index (χ0) is 16.9. The molecule has 0 spiro atoms. The number of hydrogen-bond acceptors (Lipinski definition) is 3. The van der Waals surface area contributed by atoms with Crippen LogP contribution < -0.4 is 16.4 Å². The minimum atomic E-state index is -0.117. The van der Waals surface area contributed by atoms with Crippen LogP contribution in [-0.4, -0.2) is 31.6 Å². The molecule has 0 aliphatic carbocycles. The van der Waals surface area contributed by atoms with E-state index >= 15 is 0 Å². The Morgan fingerprint density at radius 3 is 2.48 bits per heavy atom. The van der Waals surface area contributed by atoms with E-state index in [-0.39, 0.29) is 11.9 Å². The molecule has 130 valence electrons. The summed E-state index contributed by atoms with van der Waals surface area (Å²) in [6.45, 7) is 6.62. The second-order valence-electron chi connectivity index (χ2n) is 6.50. The summed E-state index contributed by atoms with van der Waals surface area (Å²) >= 11 is 0. The predicted octanol–water partition coefficient (Wildman–Crippen LogP) is 2.48. The smallest absolute Gasteiger partial charge is 0.237 e. The number of rotatable bonds is 12. The van der Waals surface area contributed by atoms with E-state index in [9.17, 15) is 4.79 Å². The fraction of sp³-hybridized carbons (Fsp3) is 0.632. The normalized spacial score (nSPS) is 12.3. The molecule has 0 aliphatic heterocycles. The highest BCUT2D eigenvalue weighted by molar-refractivity contribution is 5.81. The molecule has 0 aliphatic rings. The topological polar surface area (TPSA) is 67.1 Å². The van der Waals surface area contributed by atoms with Crippen LogP contribution in [0.4, 0.5) is 0 Å². The third-order valence-corrected chi connectivity index (χ3v) is 3.91. The molecular weight excluding hydrogens is 286 g/mol. The maximum Gasteiger partial charge on any atom is 0.237 e. The number of aryl methyl sites for hydroxylation is 1. The van der Waals surface area contributed by atoms with Crippen LogP contribution in [0.25, 0.3) is 0 Å². The zero-order valence-electron chi connectivity index (χ0n) is 14.7. The van der Waals surface area contributed by atoms with E-state index in [1.165, 1.54) is 5.56 Å². The van der Waals surface area contributed by atoms with E-state index in [1.54, 1.807) is 0 Å². The van der Waals surface area contributed by atoms with Gasteiger partial charge in [0.05, 0.1) is 6.04 Å². The molecule has 1 amide bonds. The Hall–Kier alpha value is -1.39. The molecule has 0 fully saturated rings. The van der Waals surface area contributed by atoms with E-state index in [1.807, 2.05) is 6.07 Å². The molecule has 0 aromatic heterocycles. The highest BCUT2D eigenvalue weighted by Crippen LogP contribution is 2.03. The fourth-order valence-corrected chi connectivity index (χ4v) is 2.47. The highest BCUT2D eigenvalue weighted by atomic mass is 16.2. The van der Waals surface area contributed by atoms with Gasteiger partial charge in [0, 0.05) is 6.54 Å². The standard InChI is InChI=1S/C19H33N3O/c1-16(2)12-15-21-18(11-6-13-20)19(23)22-14-7-10-17-8-4-3-5-9-17/h3-5,8-9,16,18,21H,6-7,10-15,20H2,1-2H3,(H,22,23)/t18-/m0/s1. The first-order valence-electron chi connectivity index (χ1n) is 8.88. The van der Waals surface area contributed by atoms with Gasteiger partial charge in [-0.05, 0) is 56.7 Å². The van der Waals surface area contributed by atoms with Gasteiger partial charge in [-0.3, -0.25) is 4.79 Å². The van der Waals surface area contributed by atoms with Gasteiger partial charge in [0.25, 0.3) is 0 Å². The van der Waals surface area contributed by atoms with Crippen molar-refractivity contribution in [2.24, 2.45) is 11.7 Å². The Kier molecular flexibility index (Phi) is 10.3. The summed E-state index contributed by atoms with van der Waals surface area (Å²) in [6.07, 6.45) is 4.72. The van der Waals surface area contributed by atoms with Crippen molar-refractivity contribution in [1.29, 1.82) is 0 Å². The molecule has 0 heterocycles. The summed E-state index contributed by atoms with van der Waals surface area (Å²) in [6, 6.07) is 10.3. The van der Waals surface area contributed by atoms with Crippen molar-refractivity contribution in [3.63, 3.8) is 0 Å². The molecule has 1 aromatic rings. The maximum atomic E-state index is 12.3. The Morgan fingerprint density at radius 1 is 1.09 bits per heavy atom. The molecule has 1 rings (SSSR count). The molecule has 4 N–H and O–H groups in total. The largest absolute Gasteiger partial charge is 0.355 e. The SMILES string of the molecule is CC(C)CCN[C@@H](CCCN)C(=O)NCCCc1ccccc1. The highest BCUT2D eigenvalue weighted by Gasteiger charge is 2.16. The van der Waals surface area contributed by atoms with E-state index in [0.717, 1.165) is 45.2 Å². The lowest BCUT2D eigenvalue weighted by molar-refractivity contribution is -0.123. The van der Waals surface area contributed by atoms with Crippen LogP contribution >= 0.6 is 0 Å². The van der Waals surface area contributed by atoms with Gasteiger partial charge in [-0.25, -0.2) is 0 Å². The quantitative estimate of drug-likeness (QED) is 0.519. The average Bonchev–Trinajstić information content (AvgIpc) is 2.55. The first-order chi connectivity index (χ1) is 11.1. The molecule has 1 atom stereocenters. The minimum absolute atomic E-state index is 0.107. The Labute approximate surface area is 141 Å². The number of hydrogen-bond donors (Lipinski definition) is 3. The van der Waals surface area contributed by atoms with Gasteiger partial charge in [-0.1, -0.05) is 44.2 Å². The molecule has 23 heavy (non-hydrogen) atoms. The summed E-state index contributed by atoms with van der Waals surface area (Å²) < 4.78 is 0. The monoisotopic (exact) mass is 319 g/mol. The molecule has 0 saturated carbocycles. The Balaban J connectivity index is 2.28. The summed E-state index contributed by atoms with van der Waals surface area (Å²) in [7, 11) is 0. The minimum Gasteiger partial charge on any atom is -0.355 e. The van der Waals surface area contributed by atoms with E-state index in [4.69, 9.17) is 5.73 Å². The summed E-state index contributed by atoms with van der Waals surface area (Å²) in [5.74, 6) is 0.752. The van der Waals surface area contributed by atoms with Crippen LogP contribution in [0.1, 0.15) is 45.1 Å². The lowest BCUT2D eigenvalue weighted by Gasteiger charge is -2.19. The van der Waals surface area contributed by atoms with Crippen LogP contribution in [0.5, 0.6) is 0 Å². The molecule has 0 unspecified atom stereocenters. The van der Waals surface area contributed by atoms with Crippen LogP contribution in [0, 0.1) is 5.92 Å². The van der Waals surface area contributed by atoms with Gasteiger partial charge in [0.2, 0.25) is 5.91 Å². The first-order valence-corrected chi connectivity index (χ1v) is 8.88. The van der Waals surface area contributed by atoms with Crippen LogP contribution in [0.2, 0.25) is 0 Å². The number of carbonyl (C=O) groups excluding carboxylic acids is 1. The number of carbonyl (C=O) groups is 1. The molecule has 0 saturated heterocycles. The van der Waals surface area contributed by atoms with Crippen molar-refractivity contribution >= 4 is 5.91 Å². The lowest BCUT2D eigenvalue weighted by Crippen LogP contribution is -2.45. The van der Waals surface area contributed by atoms with Crippen molar-refractivity contribution in [2.75, 3.05) is 19.6 Å². The van der Waals surface area contributed by atoms with Gasteiger partial charge >= 0.3 is 0 Å². The maximum absolute atomic E-state index is 12.3. The summed E-state index contributed by atoms with van der Waals surface area (Å²) in [5.41, 5.74) is 6.90.